The predicted octanol–water partition coefficient (Wildman–Crippen LogP) is 4.92. The summed E-state index contributed by atoms with van der Waals surface area (Å²) >= 11 is 0. The van der Waals surface area contributed by atoms with Crippen molar-refractivity contribution in [2.75, 3.05) is 7.11 Å². The van der Waals surface area contributed by atoms with E-state index < -0.39 is 5.82 Å². The zero-order chi connectivity index (χ0) is 21.8. The van der Waals surface area contributed by atoms with Crippen molar-refractivity contribution in [1.29, 1.82) is 0 Å². The third-order valence-electron chi connectivity index (χ3n) is 6.44. The fourth-order valence-corrected chi connectivity index (χ4v) is 4.90. The van der Waals surface area contributed by atoms with Crippen LogP contribution in [-0.2, 0) is 22.6 Å². The quantitative estimate of drug-likeness (QED) is 0.660. The van der Waals surface area contributed by atoms with Crippen LogP contribution in [0.3, 0.4) is 0 Å². The highest BCUT2D eigenvalue weighted by Gasteiger charge is 2.43. The molecule has 2 atom stereocenters. The van der Waals surface area contributed by atoms with Crippen molar-refractivity contribution in [3.05, 3.63) is 65.5 Å². The molecule has 0 spiro atoms. The number of carbonyl (C=O) groups is 2. The Kier molecular flexibility index (Phi) is 6.54. The monoisotopic (exact) mass is 425 g/mol. The van der Waals surface area contributed by atoms with Crippen molar-refractivity contribution in [2.45, 2.75) is 57.2 Å². The third-order valence-corrected chi connectivity index (χ3v) is 6.44. The molecule has 2 heterocycles. The van der Waals surface area contributed by atoms with Gasteiger partial charge in [0, 0.05) is 24.4 Å². The normalized spacial score (nSPS) is 22.6. The summed E-state index contributed by atoms with van der Waals surface area (Å²) in [6.45, 7) is 0.251. The average Bonchev–Trinajstić information content (AvgIpc) is 2.77. The second-order valence-electron chi connectivity index (χ2n) is 8.47. The second kappa shape index (κ2) is 9.50. The van der Waals surface area contributed by atoms with E-state index in [0.717, 1.165) is 24.8 Å². The van der Waals surface area contributed by atoms with Gasteiger partial charge in [0.05, 0.1) is 7.11 Å². The first-order chi connectivity index (χ1) is 15.0. The summed E-state index contributed by atoms with van der Waals surface area (Å²) in [4.78, 5) is 27.6. The lowest BCUT2D eigenvalue weighted by atomic mass is 9.76. The molecule has 2 saturated heterocycles. The lowest BCUT2D eigenvalue weighted by Crippen LogP contribution is -2.55. The largest absolute Gasteiger partial charge is 0.494 e. The molecular formula is C25H28FNO4. The molecule has 1 amide bonds. The van der Waals surface area contributed by atoms with E-state index in [1.54, 1.807) is 12.1 Å². The molecule has 4 rings (SSSR count). The molecule has 0 radical (unpaired) electrons. The first kappa shape index (κ1) is 21.3. The Hall–Kier alpha value is -2.89. The summed E-state index contributed by atoms with van der Waals surface area (Å²) in [5.74, 6) is -0.286. The van der Waals surface area contributed by atoms with Gasteiger partial charge in [-0.3, -0.25) is 4.79 Å². The maximum absolute atomic E-state index is 14.0. The van der Waals surface area contributed by atoms with E-state index >= 15 is 0 Å². The number of Topliss-reactive ketones (excluding diaryl/α,β-unsaturated/α-hetero) is 1. The number of benzene rings is 2. The molecule has 0 N–H and O–H groups in total. The Labute approximate surface area is 182 Å². The number of carbonyl (C=O) groups excluding carboxylic acids is 2. The summed E-state index contributed by atoms with van der Waals surface area (Å²) in [5, 5.41) is 0. The van der Waals surface area contributed by atoms with E-state index in [-0.39, 0.29) is 48.7 Å². The molecule has 2 aromatic rings. The molecule has 0 aliphatic carbocycles. The van der Waals surface area contributed by atoms with Crippen LogP contribution in [0.1, 0.15) is 43.2 Å². The van der Waals surface area contributed by atoms with E-state index in [0.29, 0.717) is 18.4 Å². The summed E-state index contributed by atoms with van der Waals surface area (Å²) in [6, 6.07) is 14.3. The van der Waals surface area contributed by atoms with Crippen LogP contribution in [0.2, 0.25) is 0 Å². The summed E-state index contributed by atoms with van der Waals surface area (Å²) in [5.41, 5.74) is 1.61. The highest BCUT2D eigenvalue weighted by Crippen LogP contribution is 2.38. The topological polar surface area (TPSA) is 55.8 Å². The number of piperidine rings is 2. The van der Waals surface area contributed by atoms with E-state index in [1.807, 2.05) is 35.2 Å². The van der Waals surface area contributed by atoms with Gasteiger partial charge in [-0.25, -0.2) is 9.18 Å². The van der Waals surface area contributed by atoms with Crippen LogP contribution in [-0.4, -0.2) is 36.0 Å². The minimum absolute atomic E-state index is 0.0253. The second-order valence-corrected chi connectivity index (χ2v) is 8.47. The molecule has 164 valence electrons. The van der Waals surface area contributed by atoms with Gasteiger partial charge in [-0.15, -0.1) is 0 Å². The van der Waals surface area contributed by atoms with Gasteiger partial charge in [0.25, 0.3) is 0 Å². The average molecular weight is 426 g/mol. The summed E-state index contributed by atoms with van der Waals surface area (Å²) < 4.78 is 24.5. The van der Waals surface area contributed by atoms with Crippen LogP contribution in [0.25, 0.3) is 0 Å². The number of ether oxygens (including phenoxy) is 2. The Morgan fingerprint density at radius 1 is 1.03 bits per heavy atom. The van der Waals surface area contributed by atoms with Crippen molar-refractivity contribution in [3.8, 4) is 5.75 Å². The number of ketones is 1. The molecule has 31 heavy (non-hydrogen) atoms. The predicted molar refractivity (Wildman–Crippen MR) is 114 cm³/mol. The Balaban J connectivity index is 1.37. The van der Waals surface area contributed by atoms with Gasteiger partial charge in [-0.1, -0.05) is 36.4 Å². The molecule has 2 unspecified atom stereocenters. The van der Waals surface area contributed by atoms with E-state index in [2.05, 4.69) is 0 Å². The zero-order valence-electron chi connectivity index (χ0n) is 17.8. The number of fused-ring (bicyclic) bond motifs is 2. The van der Waals surface area contributed by atoms with Crippen molar-refractivity contribution in [1.82, 2.24) is 4.90 Å². The van der Waals surface area contributed by atoms with Crippen LogP contribution in [0.15, 0.2) is 48.5 Å². The van der Waals surface area contributed by atoms with Crippen LogP contribution in [0, 0.1) is 11.7 Å². The van der Waals surface area contributed by atoms with Crippen LogP contribution in [0.5, 0.6) is 5.75 Å². The molecule has 6 heteroatoms. The molecule has 2 aliphatic heterocycles. The number of hydrogen-bond acceptors (Lipinski definition) is 4. The van der Waals surface area contributed by atoms with Gasteiger partial charge in [-0.05, 0) is 55.4 Å². The van der Waals surface area contributed by atoms with E-state index in [1.165, 1.54) is 13.2 Å². The SMILES string of the molecule is COc1ccc(CC(=O)C2CC3CCCC(C2)N3C(=O)OCc2ccccc2)cc1F. The lowest BCUT2D eigenvalue weighted by Gasteiger charge is -2.47. The maximum atomic E-state index is 14.0. The zero-order valence-corrected chi connectivity index (χ0v) is 17.8. The molecule has 0 aromatic heterocycles. The molecule has 2 aliphatic rings. The third kappa shape index (κ3) is 4.89. The number of halogens is 1. The number of methoxy groups -OCH3 is 1. The van der Waals surface area contributed by atoms with E-state index in [9.17, 15) is 14.0 Å². The van der Waals surface area contributed by atoms with Gasteiger partial charge in [0.1, 0.15) is 12.4 Å². The van der Waals surface area contributed by atoms with Crippen LogP contribution < -0.4 is 4.74 Å². The first-order valence-electron chi connectivity index (χ1n) is 10.9. The number of rotatable bonds is 6. The molecule has 2 fully saturated rings. The van der Waals surface area contributed by atoms with Gasteiger partial charge >= 0.3 is 6.09 Å². The van der Waals surface area contributed by atoms with Crippen molar-refractivity contribution >= 4 is 11.9 Å². The number of amides is 1. The fraction of sp³-hybridized carbons (Fsp3) is 0.440. The Morgan fingerprint density at radius 2 is 1.74 bits per heavy atom. The minimum Gasteiger partial charge on any atom is -0.494 e. The standard InChI is InChI=1S/C25H28FNO4/c1-30-24-11-10-18(12-22(24)26)13-23(28)19-14-20-8-5-9-21(15-19)27(20)25(29)31-16-17-6-3-2-4-7-17/h2-4,6-7,10-12,19-21H,5,8-9,13-16H2,1H3. The van der Waals surface area contributed by atoms with Crippen LogP contribution in [0.4, 0.5) is 9.18 Å². The Bertz CT molecular complexity index is 918. The smallest absolute Gasteiger partial charge is 0.410 e. The molecule has 0 saturated carbocycles. The Morgan fingerprint density at radius 3 is 2.39 bits per heavy atom. The molecular weight excluding hydrogens is 397 g/mol. The van der Waals surface area contributed by atoms with Gasteiger partial charge in [-0.2, -0.15) is 0 Å². The van der Waals surface area contributed by atoms with Gasteiger partial charge < -0.3 is 14.4 Å². The maximum Gasteiger partial charge on any atom is 0.410 e. The first-order valence-corrected chi connectivity index (χ1v) is 10.9. The highest BCUT2D eigenvalue weighted by molar-refractivity contribution is 5.84. The van der Waals surface area contributed by atoms with Gasteiger partial charge in [0.15, 0.2) is 11.6 Å². The van der Waals surface area contributed by atoms with E-state index in [4.69, 9.17) is 9.47 Å². The number of nitrogens with zero attached hydrogens (tertiary/aromatic N) is 1. The van der Waals surface area contributed by atoms with Crippen LogP contribution >= 0.6 is 0 Å². The summed E-state index contributed by atoms with van der Waals surface area (Å²) in [6.07, 6.45) is 4.03. The van der Waals surface area contributed by atoms with Crippen molar-refractivity contribution in [3.63, 3.8) is 0 Å². The van der Waals surface area contributed by atoms with Gasteiger partial charge in [0.2, 0.25) is 0 Å². The molecule has 2 bridgehead atoms. The highest BCUT2D eigenvalue weighted by atomic mass is 19.1. The lowest BCUT2D eigenvalue weighted by molar-refractivity contribution is -0.126. The van der Waals surface area contributed by atoms with Crippen molar-refractivity contribution in [2.24, 2.45) is 5.92 Å². The minimum atomic E-state index is -0.458. The molecule has 2 aromatic carbocycles. The molecule has 5 nitrogen and oxygen atoms in total. The summed E-state index contributed by atoms with van der Waals surface area (Å²) in [7, 11) is 1.42. The fourth-order valence-electron chi connectivity index (χ4n) is 4.90. The number of hydrogen-bond donors (Lipinski definition) is 0. The van der Waals surface area contributed by atoms with Crippen molar-refractivity contribution < 1.29 is 23.5 Å².